The van der Waals surface area contributed by atoms with Crippen LogP contribution in [0.25, 0.3) is 0 Å². The van der Waals surface area contributed by atoms with Gasteiger partial charge in [0.25, 0.3) is 0 Å². The van der Waals surface area contributed by atoms with Crippen molar-refractivity contribution in [3.8, 4) is 17.2 Å². The number of aliphatic carboxylic acids is 1. The molecule has 0 heterocycles. The predicted molar refractivity (Wildman–Crippen MR) is 86.6 cm³/mol. The summed E-state index contributed by atoms with van der Waals surface area (Å²) in [4.78, 5) is 11.6. The molecule has 23 heavy (non-hydrogen) atoms. The molecule has 0 bridgehead atoms. The molecule has 5 heteroatoms. The number of rotatable bonds is 7. The first-order valence-electron chi connectivity index (χ1n) is 7.17. The van der Waals surface area contributed by atoms with Gasteiger partial charge in [-0.05, 0) is 29.7 Å². The molecule has 0 saturated heterocycles. The fourth-order valence-electron chi connectivity index (χ4n) is 2.52. The van der Waals surface area contributed by atoms with Crippen molar-refractivity contribution in [3.05, 3.63) is 53.6 Å². The molecule has 1 unspecified atom stereocenters. The quantitative estimate of drug-likeness (QED) is 0.850. The Kier molecular flexibility index (Phi) is 5.46. The van der Waals surface area contributed by atoms with Crippen molar-refractivity contribution in [3.63, 3.8) is 0 Å². The van der Waals surface area contributed by atoms with E-state index in [1.54, 1.807) is 12.1 Å². The van der Waals surface area contributed by atoms with E-state index >= 15 is 0 Å². The van der Waals surface area contributed by atoms with Gasteiger partial charge in [0.15, 0.2) is 11.5 Å². The normalized spacial score (nSPS) is 11.6. The van der Waals surface area contributed by atoms with E-state index in [0.717, 1.165) is 11.1 Å². The molecule has 122 valence electrons. The number of ether oxygens (including phenoxy) is 3. The third-order valence-corrected chi connectivity index (χ3v) is 3.66. The van der Waals surface area contributed by atoms with Crippen LogP contribution in [-0.4, -0.2) is 32.4 Å². The highest BCUT2D eigenvalue weighted by atomic mass is 16.5. The SMILES string of the molecule is COc1cc(CC(C(=O)O)c2ccccc2)cc(OC)c1OC. The van der Waals surface area contributed by atoms with E-state index in [0.29, 0.717) is 23.7 Å². The first kappa shape index (κ1) is 16.7. The monoisotopic (exact) mass is 316 g/mol. The van der Waals surface area contributed by atoms with Crippen LogP contribution in [0.4, 0.5) is 0 Å². The molecule has 5 nitrogen and oxygen atoms in total. The second kappa shape index (κ2) is 7.54. The molecule has 2 aromatic rings. The highest BCUT2D eigenvalue weighted by molar-refractivity contribution is 5.76. The van der Waals surface area contributed by atoms with Gasteiger partial charge < -0.3 is 19.3 Å². The summed E-state index contributed by atoms with van der Waals surface area (Å²) in [6.07, 6.45) is 0.329. The van der Waals surface area contributed by atoms with Crippen LogP contribution in [0.15, 0.2) is 42.5 Å². The molecule has 0 aromatic heterocycles. The van der Waals surface area contributed by atoms with Gasteiger partial charge in [0, 0.05) is 0 Å². The van der Waals surface area contributed by atoms with Crippen LogP contribution in [0, 0.1) is 0 Å². The largest absolute Gasteiger partial charge is 0.493 e. The summed E-state index contributed by atoms with van der Waals surface area (Å²) in [5.74, 6) is 0.00685. The maximum atomic E-state index is 11.6. The summed E-state index contributed by atoms with van der Waals surface area (Å²) >= 11 is 0. The Hall–Kier alpha value is -2.69. The van der Waals surface area contributed by atoms with E-state index in [-0.39, 0.29) is 0 Å². The lowest BCUT2D eigenvalue weighted by Gasteiger charge is -2.17. The van der Waals surface area contributed by atoms with Crippen LogP contribution in [0.3, 0.4) is 0 Å². The minimum atomic E-state index is -0.870. The Labute approximate surface area is 135 Å². The number of benzene rings is 2. The number of methoxy groups -OCH3 is 3. The van der Waals surface area contributed by atoms with Crippen molar-refractivity contribution in [2.45, 2.75) is 12.3 Å². The van der Waals surface area contributed by atoms with Crippen LogP contribution >= 0.6 is 0 Å². The Balaban J connectivity index is 2.39. The van der Waals surface area contributed by atoms with Crippen molar-refractivity contribution in [1.82, 2.24) is 0 Å². The zero-order valence-electron chi connectivity index (χ0n) is 13.4. The van der Waals surface area contributed by atoms with Gasteiger partial charge in [0.05, 0.1) is 27.2 Å². The van der Waals surface area contributed by atoms with Crippen LogP contribution in [-0.2, 0) is 11.2 Å². The standard InChI is InChI=1S/C18H20O5/c1-21-15-10-12(11-16(22-2)17(15)23-3)9-14(18(19)20)13-7-5-4-6-8-13/h4-8,10-11,14H,9H2,1-3H3,(H,19,20). The van der Waals surface area contributed by atoms with Crippen molar-refractivity contribution in [1.29, 1.82) is 0 Å². The lowest BCUT2D eigenvalue weighted by molar-refractivity contribution is -0.138. The summed E-state index contributed by atoms with van der Waals surface area (Å²) in [5, 5.41) is 9.55. The van der Waals surface area contributed by atoms with Crippen molar-refractivity contribution >= 4 is 5.97 Å². The summed E-state index contributed by atoms with van der Waals surface area (Å²) < 4.78 is 15.9. The second-order valence-electron chi connectivity index (χ2n) is 5.04. The first-order chi connectivity index (χ1) is 11.1. The third-order valence-electron chi connectivity index (χ3n) is 3.66. The number of hydrogen-bond acceptors (Lipinski definition) is 4. The molecule has 0 saturated carbocycles. The second-order valence-corrected chi connectivity index (χ2v) is 5.04. The molecule has 0 radical (unpaired) electrons. The minimum absolute atomic E-state index is 0.329. The molecule has 0 amide bonds. The molecule has 0 aliphatic carbocycles. The minimum Gasteiger partial charge on any atom is -0.493 e. The van der Waals surface area contributed by atoms with E-state index < -0.39 is 11.9 Å². The fourth-order valence-corrected chi connectivity index (χ4v) is 2.52. The van der Waals surface area contributed by atoms with Crippen molar-refractivity contribution in [2.75, 3.05) is 21.3 Å². The van der Waals surface area contributed by atoms with Gasteiger partial charge in [0.2, 0.25) is 5.75 Å². The fraction of sp³-hybridized carbons (Fsp3) is 0.278. The number of carboxylic acids is 1. The molecular weight excluding hydrogens is 296 g/mol. The molecule has 2 aromatic carbocycles. The zero-order chi connectivity index (χ0) is 16.8. The summed E-state index contributed by atoms with van der Waals surface area (Å²) in [5.41, 5.74) is 1.56. The molecule has 0 aliphatic rings. The number of hydrogen-bond donors (Lipinski definition) is 1. The van der Waals surface area contributed by atoms with Gasteiger partial charge in [-0.2, -0.15) is 0 Å². The van der Waals surface area contributed by atoms with E-state index in [2.05, 4.69) is 0 Å². The maximum absolute atomic E-state index is 11.6. The molecule has 1 N–H and O–H groups in total. The predicted octanol–water partition coefficient (Wildman–Crippen LogP) is 3.12. The average molecular weight is 316 g/mol. The third kappa shape index (κ3) is 3.74. The molecule has 0 aliphatic heterocycles. The highest BCUT2D eigenvalue weighted by Gasteiger charge is 2.22. The molecular formula is C18H20O5. The molecule has 0 fully saturated rings. The topological polar surface area (TPSA) is 65.0 Å². The average Bonchev–Trinajstić information content (AvgIpc) is 2.59. The number of carbonyl (C=O) groups is 1. The van der Waals surface area contributed by atoms with Crippen LogP contribution in [0.2, 0.25) is 0 Å². The van der Waals surface area contributed by atoms with Gasteiger partial charge in [-0.25, -0.2) is 0 Å². The summed E-state index contributed by atoms with van der Waals surface area (Å²) in [7, 11) is 4.60. The lowest BCUT2D eigenvalue weighted by atomic mass is 9.92. The first-order valence-corrected chi connectivity index (χ1v) is 7.17. The van der Waals surface area contributed by atoms with E-state index in [1.807, 2.05) is 30.3 Å². The van der Waals surface area contributed by atoms with Crippen LogP contribution in [0.5, 0.6) is 17.2 Å². The Bertz CT molecular complexity index is 641. The van der Waals surface area contributed by atoms with E-state index in [9.17, 15) is 9.90 Å². The van der Waals surface area contributed by atoms with E-state index in [4.69, 9.17) is 14.2 Å². The van der Waals surface area contributed by atoms with Crippen LogP contribution < -0.4 is 14.2 Å². The van der Waals surface area contributed by atoms with E-state index in [1.165, 1.54) is 21.3 Å². The Morgan fingerprint density at radius 3 is 2.00 bits per heavy atom. The lowest BCUT2D eigenvalue weighted by Crippen LogP contribution is -2.14. The van der Waals surface area contributed by atoms with Crippen molar-refractivity contribution in [2.24, 2.45) is 0 Å². The summed E-state index contributed by atoms with van der Waals surface area (Å²) in [6, 6.07) is 12.7. The van der Waals surface area contributed by atoms with Gasteiger partial charge in [-0.1, -0.05) is 30.3 Å². The van der Waals surface area contributed by atoms with Gasteiger partial charge in [-0.15, -0.1) is 0 Å². The molecule has 0 spiro atoms. The van der Waals surface area contributed by atoms with Crippen molar-refractivity contribution < 1.29 is 24.1 Å². The van der Waals surface area contributed by atoms with Gasteiger partial charge in [-0.3, -0.25) is 4.79 Å². The zero-order valence-corrected chi connectivity index (χ0v) is 13.4. The Morgan fingerprint density at radius 1 is 1.00 bits per heavy atom. The van der Waals surface area contributed by atoms with Crippen LogP contribution in [0.1, 0.15) is 17.0 Å². The Morgan fingerprint density at radius 2 is 1.57 bits per heavy atom. The molecule has 1 atom stereocenters. The summed E-state index contributed by atoms with van der Waals surface area (Å²) in [6.45, 7) is 0. The van der Waals surface area contributed by atoms with Gasteiger partial charge in [0.1, 0.15) is 0 Å². The number of carboxylic acid groups (broad SMARTS) is 1. The smallest absolute Gasteiger partial charge is 0.311 e. The highest BCUT2D eigenvalue weighted by Crippen LogP contribution is 2.39. The molecule has 2 rings (SSSR count). The van der Waals surface area contributed by atoms with Gasteiger partial charge >= 0.3 is 5.97 Å². The maximum Gasteiger partial charge on any atom is 0.311 e.